The second-order valence-corrected chi connectivity index (χ2v) is 9.73. The van der Waals surface area contributed by atoms with Crippen LogP contribution in [0.25, 0.3) is 10.9 Å². The van der Waals surface area contributed by atoms with E-state index in [-0.39, 0.29) is 21.3 Å². The molecule has 0 atom stereocenters. The number of nitrogens with zero attached hydrogens (tertiary/aromatic N) is 6. The van der Waals surface area contributed by atoms with E-state index in [1.807, 2.05) is 24.3 Å². The SMILES string of the molecule is CN1CCN(c2nc(N(C)S(=O)(=O)c3ccc(C#N)cc3Cl)c3ccccc3n2)CC1. The number of halogens is 1. The van der Waals surface area contributed by atoms with Crippen LogP contribution in [0.3, 0.4) is 0 Å². The van der Waals surface area contributed by atoms with Crippen LogP contribution in [-0.2, 0) is 10.0 Å². The molecule has 10 heteroatoms. The predicted octanol–water partition coefficient (Wildman–Crippen LogP) is 2.73. The number of likely N-dealkylation sites (N-methyl/N-ethyl adjacent to an activating group) is 1. The highest BCUT2D eigenvalue weighted by Gasteiger charge is 2.28. The first-order chi connectivity index (χ1) is 14.8. The zero-order valence-electron chi connectivity index (χ0n) is 17.2. The Morgan fingerprint density at radius 3 is 2.48 bits per heavy atom. The van der Waals surface area contributed by atoms with Gasteiger partial charge in [-0.15, -0.1) is 0 Å². The van der Waals surface area contributed by atoms with Crippen molar-refractivity contribution in [3.8, 4) is 6.07 Å². The van der Waals surface area contributed by atoms with Gasteiger partial charge in [-0.05, 0) is 37.4 Å². The highest BCUT2D eigenvalue weighted by molar-refractivity contribution is 7.93. The van der Waals surface area contributed by atoms with Crippen LogP contribution in [0.4, 0.5) is 11.8 Å². The number of piperazine rings is 1. The molecular weight excluding hydrogens is 436 g/mol. The van der Waals surface area contributed by atoms with E-state index in [1.165, 1.54) is 25.2 Å². The highest BCUT2D eigenvalue weighted by atomic mass is 35.5. The first-order valence-electron chi connectivity index (χ1n) is 9.70. The number of fused-ring (bicyclic) bond motifs is 1. The van der Waals surface area contributed by atoms with Crippen molar-refractivity contribution >= 4 is 44.3 Å². The van der Waals surface area contributed by atoms with E-state index in [1.54, 1.807) is 6.07 Å². The van der Waals surface area contributed by atoms with Gasteiger partial charge < -0.3 is 9.80 Å². The molecule has 1 fully saturated rings. The Hall–Kier alpha value is -2.93. The second kappa shape index (κ2) is 8.30. The third-order valence-corrected chi connectivity index (χ3v) is 7.59. The lowest BCUT2D eigenvalue weighted by molar-refractivity contribution is 0.311. The number of sulfonamides is 1. The zero-order valence-corrected chi connectivity index (χ0v) is 18.7. The van der Waals surface area contributed by atoms with Crippen LogP contribution in [0.5, 0.6) is 0 Å². The molecule has 2 aromatic carbocycles. The van der Waals surface area contributed by atoms with Crippen molar-refractivity contribution in [2.24, 2.45) is 0 Å². The summed E-state index contributed by atoms with van der Waals surface area (Å²) in [4.78, 5) is 13.5. The van der Waals surface area contributed by atoms with Crippen molar-refractivity contribution in [3.05, 3.63) is 53.1 Å². The molecule has 0 unspecified atom stereocenters. The Morgan fingerprint density at radius 2 is 1.81 bits per heavy atom. The summed E-state index contributed by atoms with van der Waals surface area (Å²) in [6.07, 6.45) is 0. The Bertz CT molecular complexity index is 1280. The molecule has 8 nitrogen and oxygen atoms in total. The van der Waals surface area contributed by atoms with Crippen LogP contribution in [0.1, 0.15) is 5.56 Å². The number of hydrogen-bond donors (Lipinski definition) is 0. The Morgan fingerprint density at radius 1 is 1.10 bits per heavy atom. The van der Waals surface area contributed by atoms with Crippen molar-refractivity contribution in [2.75, 3.05) is 49.5 Å². The Balaban J connectivity index is 1.81. The molecule has 0 spiro atoms. The van der Waals surface area contributed by atoms with Gasteiger partial charge in [-0.3, -0.25) is 4.31 Å². The van der Waals surface area contributed by atoms with Gasteiger partial charge in [-0.25, -0.2) is 13.4 Å². The Kier molecular flexibility index (Phi) is 5.71. The van der Waals surface area contributed by atoms with Crippen LogP contribution in [0.15, 0.2) is 47.4 Å². The van der Waals surface area contributed by atoms with Crippen molar-refractivity contribution < 1.29 is 8.42 Å². The lowest BCUT2D eigenvalue weighted by atomic mass is 10.2. The fraction of sp³-hybridized carbons (Fsp3) is 0.286. The summed E-state index contributed by atoms with van der Waals surface area (Å²) in [5.74, 6) is 0.773. The van der Waals surface area contributed by atoms with Gasteiger partial charge in [0.2, 0.25) is 5.95 Å². The van der Waals surface area contributed by atoms with Gasteiger partial charge in [0.05, 0.1) is 22.2 Å². The maximum Gasteiger partial charge on any atom is 0.266 e. The van der Waals surface area contributed by atoms with Gasteiger partial charge in [-0.2, -0.15) is 10.2 Å². The number of nitriles is 1. The zero-order chi connectivity index (χ0) is 22.2. The van der Waals surface area contributed by atoms with Crippen LogP contribution >= 0.6 is 11.6 Å². The van der Waals surface area contributed by atoms with Gasteiger partial charge in [0, 0.05) is 38.6 Å². The molecule has 3 aromatic rings. The minimum atomic E-state index is -4.02. The van der Waals surface area contributed by atoms with Crippen molar-refractivity contribution in [3.63, 3.8) is 0 Å². The summed E-state index contributed by atoms with van der Waals surface area (Å²) in [7, 11) is -0.508. The van der Waals surface area contributed by atoms with E-state index < -0.39 is 10.0 Å². The fourth-order valence-electron chi connectivity index (χ4n) is 3.48. The van der Waals surface area contributed by atoms with Gasteiger partial charge >= 0.3 is 0 Å². The Labute approximate surface area is 186 Å². The second-order valence-electron chi connectivity index (χ2n) is 7.38. The third kappa shape index (κ3) is 4.02. The van der Waals surface area contributed by atoms with Gasteiger partial charge in [0.15, 0.2) is 5.82 Å². The molecule has 0 aliphatic carbocycles. The molecule has 0 bridgehead atoms. The van der Waals surface area contributed by atoms with Crippen molar-refractivity contribution in [1.29, 1.82) is 5.26 Å². The molecule has 1 saturated heterocycles. The molecular formula is C21H21ClN6O2S. The van der Waals surface area contributed by atoms with Crippen LogP contribution in [-0.4, -0.2) is 63.6 Å². The highest BCUT2D eigenvalue weighted by Crippen LogP contribution is 2.32. The molecule has 0 amide bonds. The summed E-state index contributed by atoms with van der Waals surface area (Å²) in [6.45, 7) is 3.26. The van der Waals surface area contributed by atoms with E-state index in [0.717, 1.165) is 30.5 Å². The molecule has 4 rings (SSSR count). The maximum absolute atomic E-state index is 13.4. The van der Waals surface area contributed by atoms with Crippen LogP contribution in [0.2, 0.25) is 5.02 Å². The molecule has 160 valence electrons. The first-order valence-corrected chi connectivity index (χ1v) is 11.5. The predicted molar refractivity (Wildman–Crippen MR) is 121 cm³/mol. The number of rotatable bonds is 4. The number of benzene rings is 2. The summed E-state index contributed by atoms with van der Waals surface area (Å²) in [5.41, 5.74) is 0.950. The minimum absolute atomic E-state index is 0.0106. The fourth-order valence-corrected chi connectivity index (χ4v) is 5.16. The molecule has 0 saturated carbocycles. The topological polar surface area (TPSA) is 93.4 Å². The third-order valence-electron chi connectivity index (χ3n) is 5.36. The number of hydrogen-bond acceptors (Lipinski definition) is 7. The number of para-hydroxylation sites is 1. The molecule has 31 heavy (non-hydrogen) atoms. The molecule has 0 N–H and O–H groups in total. The minimum Gasteiger partial charge on any atom is -0.338 e. The standard InChI is InChI=1S/C21H21ClN6O2S/c1-26-9-11-28(12-10-26)21-24-18-6-4-3-5-16(18)20(25-21)27(2)31(29,30)19-8-7-15(14-23)13-17(19)22/h3-8,13H,9-12H2,1-2H3. The largest absolute Gasteiger partial charge is 0.338 e. The summed E-state index contributed by atoms with van der Waals surface area (Å²) >= 11 is 6.21. The molecule has 1 aliphatic heterocycles. The molecule has 0 radical (unpaired) electrons. The van der Waals surface area contributed by atoms with Gasteiger partial charge in [0.25, 0.3) is 10.0 Å². The lowest BCUT2D eigenvalue weighted by Gasteiger charge is -2.33. The smallest absolute Gasteiger partial charge is 0.266 e. The average molecular weight is 457 g/mol. The van der Waals surface area contributed by atoms with Gasteiger partial charge in [0.1, 0.15) is 4.90 Å². The van der Waals surface area contributed by atoms with E-state index in [4.69, 9.17) is 16.9 Å². The molecule has 2 heterocycles. The van der Waals surface area contributed by atoms with E-state index in [2.05, 4.69) is 26.8 Å². The summed E-state index contributed by atoms with van der Waals surface area (Å²) in [5, 5.41) is 9.65. The molecule has 1 aliphatic rings. The van der Waals surface area contributed by atoms with E-state index in [0.29, 0.717) is 16.9 Å². The molecule has 1 aromatic heterocycles. The summed E-state index contributed by atoms with van der Waals surface area (Å²) < 4.78 is 27.9. The van der Waals surface area contributed by atoms with Crippen molar-refractivity contribution in [2.45, 2.75) is 4.90 Å². The monoisotopic (exact) mass is 456 g/mol. The number of aromatic nitrogens is 2. The maximum atomic E-state index is 13.4. The summed E-state index contributed by atoms with van der Waals surface area (Å²) in [6, 6.07) is 13.4. The number of anilines is 2. The van der Waals surface area contributed by atoms with E-state index in [9.17, 15) is 8.42 Å². The average Bonchev–Trinajstić information content (AvgIpc) is 2.78. The van der Waals surface area contributed by atoms with Crippen LogP contribution < -0.4 is 9.21 Å². The lowest BCUT2D eigenvalue weighted by Crippen LogP contribution is -2.45. The first kappa shape index (κ1) is 21.3. The van der Waals surface area contributed by atoms with Gasteiger partial charge in [-0.1, -0.05) is 23.7 Å². The normalized spacial score (nSPS) is 15.1. The van der Waals surface area contributed by atoms with E-state index >= 15 is 0 Å². The van der Waals surface area contributed by atoms with Crippen LogP contribution in [0, 0.1) is 11.3 Å². The quantitative estimate of drug-likeness (QED) is 0.595. The van der Waals surface area contributed by atoms with Crippen molar-refractivity contribution in [1.82, 2.24) is 14.9 Å².